The highest BCUT2D eigenvalue weighted by Crippen LogP contribution is 2.36. The molecule has 22 heavy (non-hydrogen) atoms. The van der Waals surface area contributed by atoms with E-state index >= 15 is 0 Å². The largest absolute Gasteiger partial charge is 0.204 e. The third kappa shape index (κ3) is 2.01. The minimum absolute atomic E-state index is 0.0681. The molecule has 0 heterocycles. The molecule has 0 saturated heterocycles. The summed E-state index contributed by atoms with van der Waals surface area (Å²) in [6.45, 7) is 0. The van der Waals surface area contributed by atoms with Gasteiger partial charge in [-0.3, -0.25) is 0 Å². The van der Waals surface area contributed by atoms with Crippen molar-refractivity contribution in [2.45, 2.75) is 0 Å². The molecule has 0 aliphatic rings. The molecule has 1 nitrogen and oxygen atoms in total. The van der Waals surface area contributed by atoms with Crippen molar-refractivity contribution in [1.29, 1.82) is 5.26 Å². The smallest absolute Gasteiger partial charge is 0.169 e. The lowest BCUT2D eigenvalue weighted by Crippen LogP contribution is -2.00. The number of nitrogens with zero attached hydrogens (tertiary/aromatic N) is 1. The van der Waals surface area contributed by atoms with Crippen LogP contribution < -0.4 is 0 Å². The van der Waals surface area contributed by atoms with E-state index in [4.69, 9.17) is 0 Å². The second-order valence-electron chi connectivity index (χ2n) is 4.66. The van der Waals surface area contributed by atoms with Gasteiger partial charge in [0.05, 0.1) is 17.2 Å². The van der Waals surface area contributed by atoms with E-state index in [2.05, 4.69) is 0 Å². The molecule has 3 aromatic carbocycles. The van der Waals surface area contributed by atoms with E-state index in [1.54, 1.807) is 30.3 Å². The van der Waals surface area contributed by atoms with Crippen molar-refractivity contribution in [1.82, 2.24) is 0 Å². The van der Waals surface area contributed by atoms with Gasteiger partial charge in [0.15, 0.2) is 23.3 Å². The van der Waals surface area contributed by atoms with Crippen LogP contribution in [-0.2, 0) is 0 Å². The van der Waals surface area contributed by atoms with Crippen LogP contribution in [0.1, 0.15) is 5.56 Å². The number of halogens is 4. The molecule has 0 unspecified atom stereocenters. The van der Waals surface area contributed by atoms with Crippen molar-refractivity contribution in [3.8, 4) is 17.2 Å². The fraction of sp³-hybridized carbons (Fsp3) is 0. The maximum Gasteiger partial charge on any atom is 0.169 e. The number of fused-ring (bicyclic) bond motifs is 1. The first-order valence-electron chi connectivity index (χ1n) is 6.29. The van der Waals surface area contributed by atoms with E-state index < -0.39 is 28.8 Å². The normalized spacial score (nSPS) is 10.7. The zero-order chi connectivity index (χ0) is 15.9. The zero-order valence-electron chi connectivity index (χ0n) is 11.0. The van der Waals surface area contributed by atoms with Crippen molar-refractivity contribution >= 4 is 10.8 Å². The van der Waals surface area contributed by atoms with Crippen LogP contribution in [0.15, 0.2) is 42.5 Å². The fourth-order valence-electron chi connectivity index (χ4n) is 2.43. The summed E-state index contributed by atoms with van der Waals surface area (Å²) in [7, 11) is 0. The summed E-state index contributed by atoms with van der Waals surface area (Å²) in [6.07, 6.45) is 0. The Morgan fingerprint density at radius 1 is 0.773 bits per heavy atom. The van der Waals surface area contributed by atoms with Crippen molar-refractivity contribution in [3.63, 3.8) is 0 Å². The van der Waals surface area contributed by atoms with Crippen LogP contribution in [0, 0.1) is 34.6 Å². The molecular formula is C17H7F4N. The first-order valence-corrected chi connectivity index (χ1v) is 6.29. The Labute approximate surface area is 123 Å². The van der Waals surface area contributed by atoms with Gasteiger partial charge in [-0.05, 0) is 16.8 Å². The van der Waals surface area contributed by atoms with E-state index in [9.17, 15) is 22.8 Å². The van der Waals surface area contributed by atoms with Gasteiger partial charge in [-0.15, -0.1) is 0 Å². The van der Waals surface area contributed by atoms with Gasteiger partial charge in [0.25, 0.3) is 0 Å². The van der Waals surface area contributed by atoms with Crippen LogP contribution in [0.25, 0.3) is 21.9 Å². The Morgan fingerprint density at radius 2 is 1.41 bits per heavy atom. The topological polar surface area (TPSA) is 23.8 Å². The second-order valence-corrected chi connectivity index (χ2v) is 4.66. The molecule has 0 spiro atoms. The summed E-state index contributed by atoms with van der Waals surface area (Å²) in [5.74, 6) is -6.06. The summed E-state index contributed by atoms with van der Waals surface area (Å²) < 4.78 is 55.1. The minimum atomic E-state index is -1.52. The number of rotatable bonds is 1. The molecule has 0 fully saturated rings. The molecule has 0 aliphatic heterocycles. The first-order chi connectivity index (χ1) is 10.5. The quantitative estimate of drug-likeness (QED) is 0.461. The molecule has 3 rings (SSSR count). The van der Waals surface area contributed by atoms with Crippen LogP contribution >= 0.6 is 0 Å². The Hall–Kier alpha value is -2.87. The van der Waals surface area contributed by atoms with Gasteiger partial charge in [0, 0.05) is 11.6 Å². The lowest BCUT2D eigenvalue weighted by atomic mass is 9.93. The molecule has 0 bridgehead atoms. The van der Waals surface area contributed by atoms with Gasteiger partial charge in [-0.1, -0.05) is 30.3 Å². The highest BCUT2D eigenvalue weighted by Gasteiger charge is 2.24. The van der Waals surface area contributed by atoms with Crippen molar-refractivity contribution in [3.05, 3.63) is 71.3 Å². The summed E-state index contributed by atoms with van der Waals surface area (Å²) in [6, 6.07) is 11.4. The molecule has 0 saturated carbocycles. The number of hydrogen-bond donors (Lipinski definition) is 0. The average molecular weight is 301 g/mol. The van der Waals surface area contributed by atoms with Crippen LogP contribution in [-0.4, -0.2) is 0 Å². The second kappa shape index (κ2) is 5.15. The number of benzene rings is 3. The molecule has 5 heteroatoms. The van der Waals surface area contributed by atoms with Crippen molar-refractivity contribution < 1.29 is 17.6 Å². The molecule has 3 aromatic rings. The summed E-state index contributed by atoms with van der Waals surface area (Å²) >= 11 is 0. The molecule has 0 N–H and O–H groups in total. The van der Waals surface area contributed by atoms with Crippen LogP contribution in [0.4, 0.5) is 17.6 Å². The van der Waals surface area contributed by atoms with E-state index in [0.29, 0.717) is 10.8 Å². The van der Waals surface area contributed by atoms with Gasteiger partial charge in [0.2, 0.25) is 0 Å². The molecule has 0 radical (unpaired) electrons. The Morgan fingerprint density at radius 3 is 2.05 bits per heavy atom. The molecule has 0 amide bonds. The Balaban J connectivity index is 2.54. The standard InChI is InChI=1S/C17H7F4N/c18-12-7-13(19)17(21)15(16(12)20)14-10(8-22)6-5-9-3-1-2-4-11(9)14/h1-7H. The number of nitriles is 1. The minimum Gasteiger partial charge on any atom is -0.204 e. The fourth-order valence-corrected chi connectivity index (χ4v) is 2.43. The van der Waals surface area contributed by atoms with Crippen LogP contribution in [0.2, 0.25) is 0 Å². The monoisotopic (exact) mass is 301 g/mol. The zero-order valence-corrected chi connectivity index (χ0v) is 11.0. The molecule has 0 aromatic heterocycles. The van der Waals surface area contributed by atoms with Gasteiger partial charge in [-0.25, -0.2) is 17.6 Å². The van der Waals surface area contributed by atoms with E-state index in [1.807, 2.05) is 0 Å². The first kappa shape index (κ1) is 14.1. The highest BCUT2D eigenvalue weighted by molar-refractivity contribution is 5.99. The van der Waals surface area contributed by atoms with Gasteiger partial charge in [0.1, 0.15) is 0 Å². The molecule has 108 valence electrons. The summed E-state index contributed by atoms with van der Waals surface area (Å²) in [5.41, 5.74) is -1.10. The van der Waals surface area contributed by atoms with Gasteiger partial charge >= 0.3 is 0 Å². The van der Waals surface area contributed by atoms with E-state index in [-0.39, 0.29) is 17.2 Å². The molecular weight excluding hydrogens is 294 g/mol. The molecule has 0 atom stereocenters. The van der Waals surface area contributed by atoms with Crippen molar-refractivity contribution in [2.75, 3.05) is 0 Å². The lowest BCUT2D eigenvalue weighted by molar-refractivity contribution is 0.458. The average Bonchev–Trinajstić information content (AvgIpc) is 2.53. The predicted octanol–water partition coefficient (Wildman–Crippen LogP) is 4.93. The lowest BCUT2D eigenvalue weighted by Gasteiger charge is -2.12. The van der Waals surface area contributed by atoms with Crippen LogP contribution in [0.5, 0.6) is 0 Å². The summed E-state index contributed by atoms with van der Waals surface area (Å²) in [5, 5.41) is 10.1. The summed E-state index contributed by atoms with van der Waals surface area (Å²) in [4.78, 5) is 0. The van der Waals surface area contributed by atoms with E-state index in [0.717, 1.165) is 0 Å². The van der Waals surface area contributed by atoms with Gasteiger partial charge < -0.3 is 0 Å². The van der Waals surface area contributed by atoms with Gasteiger partial charge in [-0.2, -0.15) is 5.26 Å². The number of hydrogen-bond acceptors (Lipinski definition) is 1. The SMILES string of the molecule is N#Cc1ccc2ccccc2c1-c1c(F)c(F)cc(F)c1F. The maximum absolute atomic E-state index is 14.1. The Kier molecular flexibility index (Phi) is 3.30. The Bertz CT molecular complexity index is 915. The van der Waals surface area contributed by atoms with Crippen LogP contribution in [0.3, 0.4) is 0 Å². The third-order valence-electron chi connectivity index (χ3n) is 3.41. The molecule has 0 aliphatic carbocycles. The van der Waals surface area contributed by atoms with Crippen molar-refractivity contribution in [2.24, 2.45) is 0 Å². The maximum atomic E-state index is 14.1. The highest BCUT2D eigenvalue weighted by atomic mass is 19.2. The van der Waals surface area contributed by atoms with E-state index in [1.165, 1.54) is 12.1 Å². The third-order valence-corrected chi connectivity index (χ3v) is 3.41. The predicted molar refractivity (Wildman–Crippen MR) is 73.9 cm³/mol.